The Hall–Kier alpha value is -2.34. The fraction of sp³-hybridized carbons (Fsp3) is 0.263. The Balaban J connectivity index is 1.98. The second kappa shape index (κ2) is 8.67. The first kappa shape index (κ1) is 19.0. The molecule has 0 fully saturated rings. The van der Waals surface area contributed by atoms with Crippen molar-refractivity contribution in [3.8, 4) is 5.75 Å². The number of carbonyl (C=O) groups excluding carboxylic acids is 2. The van der Waals surface area contributed by atoms with E-state index in [4.69, 9.17) is 4.74 Å². The van der Waals surface area contributed by atoms with E-state index in [2.05, 4.69) is 26.6 Å². The van der Waals surface area contributed by atoms with Gasteiger partial charge in [-0.2, -0.15) is 0 Å². The van der Waals surface area contributed by atoms with Crippen LogP contribution in [0.2, 0.25) is 0 Å². The molecule has 0 aliphatic carbocycles. The molecule has 2 aromatic rings. The summed E-state index contributed by atoms with van der Waals surface area (Å²) in [6, 6.07) is 11.0. The van der Waals surface area contributed by atoms with E-state index in [1.165, 1.54) is 0 Å². The Morgan fingerprint density at radius 2 is 1.80 bits per heavy atom. The van der Waals surface area contributed by atoms with Crippen molar-refractivity contribution in [2.45, 2.75) is 27.2 Å². The standard InChI is InChI=1S/C19H21BrN2O3/c1-4-18(23)22-16-10-14(7-6-13(16)3)21-19(24)11-25-17-8-5-12(2)9-15(17)20/h5-10H,4,11H2,1-3H3,(H,21,24)(H,22,23). The fourth-order valence-electron chi connectivity index (χ4n) is 2.14. The number of hydrogen-bond donors (Lipinski definition) is 2. The second-order valence-electron chi connectivity index (χ2n) is 5.70. The summed E-state index contributed by atoms with van der Waals surface area (Å²) in [7, 11) is 0. The van der Waals surface area contributed by atoms with Crippen LogP contribution >= 0.6 is 15.9 Å². The number of anilines is 2. The molecule has 132 valence electrons. The van der Waals surface area contributed by atoms with Gasteiger partial charge in [0.25, 0.3) is 5.91 Å². The topological polar surface area (TPSA) is 67.4 Å². The molecule has 0 unspecified atom stereocenters. The van der Waals surface area contributed by atoms with Gasteiger partial charge in [0.2, 0.25) is 5.91 Å². The van der Waals surface area contributed by atoms with E-state index in [0.717, 1.165) is 15.6 Å². The molecule has 0 atom stereocenters. The van der Waals surface area contributed by atoms with Crippen LogP contribution in [-0.2, 0) is 9.59 Å². The smallest absolute Gasteiger partial charge is 0.262 e. The Kier molecular flexibility index (Phi) is 6.58. The van der Waals surface area contributed by atoms with Gasteiger partial charge < -0.3 is 15.4 Å². The lowest BCUT2D eigenvalue weighted by Gasteiger charge is -2.12. The second-order valence-corrected chi connectivity index (χ2v) is 6.56. The third kappa shape index (κ3) is 5.60. The number of halogens is 1. The molecule has 2 N–H and O–H groups in total. The Morgan fingerprint density at radius 3 is 2.48 bits per heavy atom. The van der Waals surface area contributed by atoms with Gasteiger partial charge in [0.05, 0.1) is 4.47 Å². The van der Waals surface area contributed by atoms with Gasteiger partial charge in [-0.15, -0.1) is 0 Å². The van der Waals surface area contributed by atoms with Crippen molar-refractivity contribution in [3.05, 3.63) is 52.0 Å². The SMILES string of the molecule is CCC(=O)Nc1cc(NC(=O)COc2ccc(C)cc2Br)ccc1C. The number of benzene rings is 2. The summed E-state index contributed by atoms with van der Waals surface area (Å²) in [5.74, 6) is 0.267. The Bertz CT molecular complexity index is 790. The average molecular weight is 405 g/mol. The molecule has 2 aromatic carbocycles. The third-order valence-corrected chi connectivity index (χ3v) is 4.18. The van der Waals surface area contributed by atoms with Gasteiger partial charge in [0.15, 0.2) is 6.61 Å². The van der Waals surface area contributed by atoms with E-state index in [9.17, 15) is 9.59 Å². The normalized spacial score (nSPS) is 10.2. The lowest BCUT2D eigenvalue weighted by Crippen LogP contribution is -2.20. The van der Waals surface area contributed by atoms with E-state index in [-0.39, 0.29) is 18.4 Å². The van der Waals surface area contributed by atoms with Crippen LogP contribution in [0.3, 0.4) is 0 Å². The molecule has 0 heterocycles. The van der Waals surface area contributed by atoms with Gasteiger partial charge in [-0.05, 0) is 65.2 Å². The molecule has 0 bridgehead atoms. The zero-order chi connectivity index (χ0) is 18.4. The Labute approximate surface area is 155 Å². The van der Waals surface area contributed by atoms with Gasteiger partial charge in [-0.25, -0.2) is 0 Å². The summed E-state index contributed by atoms with van der Waals surface area (Å²) < 4.78 is 6.34. The van der Waals surface area contributed by atoms with Gasteiger partial charge >= 0.3 is 0 Å². The van der Waals surface area contributed by atoms with E-state index in [1.807, 2.05) is 38.1 Å². The van der Waals surface area contributed by atoms with Crippen LogP contribution in [0.1, 0.15) is 24.5 Å². The molecule has 0 saturated carbocycles. The lowest BCUT2D eigenvalue weighted by molar-refractivity contribution is -0.118. The van der Waals surface area contributed by atoms with Crippen molar-refractivity contribution < 1.29 is 14.3 Å². The summed E-state index contributed by atoms with van der Waals surface area (Å²) >= 11 is 3.41. The first-order valence-electron chi connectivity index (χ1n) is 7.98. The van der Waals surface area contributed by atoms with Gasteiger partial charge in [0.1, 0.15) is 5.75 Å². The minimum absolute atomic E-state index is 0.0702. The Morgan fingerprint density at radius 1 is 1.04 bits per heavy atom. The number of nitrogens with one attached hydrogen (secondary N) is 2. The van der Waals surface area contributed by atoms with Crippen molar-refractivity contribution in [2.75, 3.05) is 17.2 Å². The molecule has 25 heavy (non-hydrogen) atoms. The molecule has 2 rings (SSSR count). The van der Waals surface area contributed by atoms with Crippen molar-refractivity contribution in [2.24, 2.45) is 0 Å². The van der Waals surface area contributed by atoms with Crippen molar-refractivity contribution >= 4 is 39.1 Å². The molecule has 0 aliphatic rings. The van der Waals surface area contributed by atoms with E-state index in [1.54, 1.807) is 19.1 Å². The van der Waals surface area contributed by atoms with Crippen molar-refractivity contribution in [3.63, 3.8) is 0 Å². The number of carbonyl (C=O) groups is 2. The highest BCUT2D eigenvalue weighted by Crippen LogP contribution is 2.26. The zero-order valence-corrected chi connectivity index (χ0v) is 16.1. The molecule has 0 saturated heterocycles. The number of aryl methyl sites for hydroxylation is 2. The molecular weight excluding hydrogens is 384 g/mol. The lowest BCUT2D eigenvalue weighted by atomic mass is 10.1. The van der Waals surface area contributed by atoms with Gasteiger partial charge in [-0.1, -0.05) is 19.1 Å². The molecule has 0 aromatic heterocycles. The highest BCUT2D eigenvalue weighted by Gasteiger charge is 2.09. The predicted molar refractivity (Wildman–Crippen MR) is 103 cm³/mol. The van der Waals surface area contributed by atoms with Crippen LogP contribution < -0.4 is 15.4 Å². The molecule has 0 spiro atoms. The minimum Gasteiger partial charge on any atom is -0.483 e. The molecule has 0 radical (unpaired) electrons. The number of hydrogen-bond acceptors (Lipinski definition) is 3. The monoisotopic (exact) mass is 404 g/mol. The maximum absolute atomic E-state index is 12.1. The van der Waals surface area contributed by atoms with Crippen molar-refractivity contribution in [1.82, 2.24) is 0 Å². The zero-order valence-electron chi connectivity index (χ0n) is 14.5. The summed E-state index contributed by atoms with van der Waals surface area (Å²) in [6.45, 7) is 5.56. The molecule has 2 amide bonds. The van der Waals surface area contributed by atoms with Crippen LogP contribution in [0.25, 0.3) is 0 Å². The predicted octanol–water partition coefficient (Wildman–Crippen LogP) is 4.43. The minimum atomic E-state index is -0.274. The number of ether oxygens (including phenoxy) is 1. The molecule has 5 nitrogen and oxygen atoms in total. The van der Waals surface area contributed by atoms with Gasteiger partial charge in [0, 0.05) is 17.8 Å². The largest absolute Gasteiger partial charge is 0.483 e. The maximum Gasteiger partial charge on any atom is 0.262 e. The summed E-state index contributed by atoms with van der Waals surface area (Å²) in [5.41, 5.74) is 3.32. The highest BCUT2D eigenvalue weighted by molar-refractivity contribution is 9.10. The first-order chi connectivity index (χ1) is 11.9. The van der Waals surface area contributed by atoms with Crippen LogP contribution in [0.5, 0.6) is 5.75 Å². The van der Waals surface area contributed by atoms with E-state index >= 15 is 0 Å². The number of rotatable bonds is 6. The first-order valence-corrected chi connectivity index (χ1v) is 8.77. The highest BCUT2D eigenvalue weighted by atomic mass is 79.9. The molecular formula is C19H21BrN2O3. The maximum atomic E-state index is 12.1. The van der Waals surface area contributed by atoms with Crippen LogP contribution in [0.15, 0.2) is 40.9 Å². The summed E-state index contributed by atoms with van der Waals surface area (Å²) in [4.78, 5) is 23.7. The number of amides is 2. The average Bonchev–Trinajstić information content (AvgIpc) is 2.57. The molecule has 6 heteroatoms. The molecule has 0 aliphatic heterocycles. The summed E-state index contributed by atoms with van der Waals surface area (Å²) in [5, 5.41) is 5.59. The summed E-state index contributed by atoms with van der Waals surface area (Å²) in [6.07, 6.45) is 0.398. The van der Waals surface area contributed by atoms with Gasteiger partial charge in [-0.3, -0.25) is 9.59 Å². The van der Waals surface area contributed by atoms with Crippen LogP contribution in [0, 0.1) is 13.8 Å². The van der Waals surface area contributed by atoms with Crippen LogP contribution in [0.4, 0.5) is 11.4 Å². The van der Waals surface area contributed by atoms with E-state index < -0.39 is 0 Å². The van der Waals surface area contributed by atoms with Crippen molar-refractivity contribution in [1.29, 1.82) is 0 Å². The van der Waals surface area contributed by atoms with Crippen LogP contribution in [-0.4, -0.2) is 18.4 Å². The quantitative estimate of drug-likeness (QED) is 0.747. The fourth-order valence-corrected chi connectivity index (χ4v) is 2.74. The third-order valence-electron chi connectivity index (χ3n) is 3.56. The van der Waals surface area contributed by atoms with E-state index in [0.29, 0.717) is 23.5 Å².